The van der Waals surface area contributed by atoms with Crippen LogP contribution < -0.4 is 10.1 Å². The van der Waals surface area contributed by atoms with Crippen molar-refractivity contribution in [3.63, 3.8) is 0 Å². The third-order valence-electron chi connectivity index (χ3n) is 2.53. The minimum atomic E-state index is -1.29. The van der Waals surface area contributed by atoms with Crippen LogP contribution in [0.15, 0.2) is 24.3 Å². The molecule has 22 heavy (non-hydrogen) atoms. The van der Waals surface area contributed by atoms with Gasteiger partial charge in [0, 0.05) is 5.54 Å². The van der Waals surface area contributed by atoms with Crippen LogP contribution in [-0.2, 0) is 14.3 Å². The van der Waals surface area contributed by atoms with Gasteiger partial charge in [-0.2, -0.15) is 0 Å². The van der Waals surface area contributed by atoms with E-state index in [1.54, 1.807) is 0 Å². The van der Waals surface area contributed by atoms with Gasteiger partial charge in [-0.1, -0.05) is 0 Å². The molecule has 0 fully saturated rings. The Balaban J connectivity index is 2.55. The van der Waals surface area contributed by atoms with Gasteiger partial charge < -0.3 is 14.8 Å². The number of rotatable bonds is 5. The zero-order valence-corrected chi connectivity index (χ0v) is 13.5. The number of benzene rings is 1. The maximum atomic E-state index is 12.8. The molecule has 0 aliphatic carbocycles. The van der Waals surface area contributed by atoms with Gasteiger partial charge in [0.2, 0.25) is 0 Å². The number of halogens is 1. The number of ether oxygens (including phenoxy) is 2. The van der Waals surface area contributed by atoms with E-state index in [9.17, 15) is 14.0 Å². The zero-order valence-electron chi connectivity index (χ0n) is 13.5. The SMILES string of the molecule is CC(C)(C)NC(=O)COC(=O)C(C)(C)Oc1ccc(F)cc1. The first-order chi connectivity index (χ1) is 9.99. The lowest BCUT2D eigenvalue weighted by Gasteiger charge is -2.25. The molecule has 1 aromatic carbocycles. The average Bonchev–Trinajstić information content (AvgIpc) is 2.36. The van der Waals surface area contributed by atoms with Crippen molar-refractivity contribution in [3.05, 3.63) is 30.1 Å². The molecule has 6 heteroatoms. The Morgan fingerprint density at radius 2 is 1.64 bits per heavy atom. The molecule has 0 bridgehead atoms. The van der Waals surface area contributed by atoms with Crippen LogP contribution in [0.3, 0.4) is 0 Å². The van der Waals surface area contributed by atoms with Crippen LogP contribution in [-0.4, -0.2) is 29.6 Å². The lowest BCUT2D eigenvalue weighted by molar-refractivity contribution is -0.162. The highest BCUT2D eigenvalue weighted by Crippen LogP contribution is 2.19. The highest BCUT2D eigenvalue weighted by atomic mass is 19.1. The summed E-state index contributed by atoms with van der Waals surface area (Å²) in [5.74, 6) is -1.13. The van der Waals surface area contributed by atoms with Crippen molar-refractivity contribution in [2.24, 2.45) is 0 Å². The number of carbonyl (C=O) groups excluding carboxylic acids is 2. The molecule has 1 aromatic rings. The minimum absolute atomic E-state index is 0.336. The fourth-order valence-corrected chi connectivity index (χ4v) is 1.60. The third kappa shape index (κ3) is 6.11. The van der Waals surface area contributed by atoms with E-state index in [2.05, 4.69) is 5.32 Å². The zero-order chi connectivity index (χ0) is 17.0. The molecule has 1 rings (SSSR count). The van der Waals surface area contributed by atoms with Gasteiger partial charge in [0.05, 0.1) is 0 Å². The molecule has 1 amide bonds. The molecule has 1 N–H and O–H groups in total. The molecule has 0 atom stereocenters. The Morgan fingerprint density at radius 3 is 2.14 bits per heavy atom. The molecule has 0 aliphatic heterocycles. The average molecular weight is 311 g/mol. The van der Waals surface area contributed by atoms with Crippen LogP contribution in [0, 0.1) is 5.82 Å². The molecule has 0 spiro atoms. The second-order valence-electron chi connectivity index (χ2n) is 6.44. The Morgan fingerprint density at radius 1 is 1.09 bits per heavy atom. The summed E-state index contributed by atoms with van der Waals surface area (Å²) < 4.78 is 23.3. The van der Waals surface area contributed by atoms with Crippen molar-refractivity contribution in [2.45, 2.75) is 45.8 Å². The smallest absolute Gasteiger partial charge is 0.350 e. The molecular formula is C16H22FNO4. The van der Waals surface area contributed by atoms with E-state index in [0.29, 0.717) is 5.75 Å². The van der Waals surface area contributed by atoms with Crippen molar-refractivity contribution in [2.75, 3.05) is 6.61 Å². The second kappa shape index (κ2) is 6.77. The Hall–Kier alpha value is -2.11. The van der Waals surface area contributed by atoms with E-state index in [4.69, 9.17) is 9.47 Å². The maximum absolute atomic E-state index is 12.8. The van der Waals surface area contributed by atoms with E-state index < -0.39 is 28.8 Å². The largest absolute Gasteiger partial charge is 0.476 e. The summed E-state index contributed by atoms with van der Waals surface area (Å²) in [5.41, 5.74) is -1.69. The molecular weight excluding hydrogens is 289 g/mol. The minimum Gasteiger partial charge on any atom is -0.476 e. The quantitative estimate of drug-likeness (QED) is 0.848. The monoisotopic (exact) mass is 311 g/mol. The fourth-order valence-electron chi connectivity index (χ4n) is 1.60. The van der Waals surface area contributed by atoms with Crippen LogP contribution >= 0.6 is 0 Å². The lowest BCUT2D eigenvalue weighted by atomic mass is 10.1. The number of hydrogen-bond donors (Lipinski definition) is 1. The third-order valence-corrected chi connectivity index (χ3v) is 2.53. The van der Waals surface area contributed by atoms with Crippen molar-refractivity contribution >= 4 is 11.9 Å². The summed E-state index contributed by atoms with van der Waals surface area (Å²) >= 11 is 0. The maximum Gasteiger partial charge on any atom is 0.350 e. The van der Waals surface area contributed by atoms with E-state index >= 15 is 0 Å². The Labute approximate surface area is 129 Å². The first-order valence-electron chi connectivity index (χ1n) is 6.92. The topological polar surface area (TPSA) is 64.6 Å². The Kier molecular flexibility index (Phi) is 5.52. The predicted molar refractivity (Wildman–Crippen MR) is 80.0 cm³/mol. The van der Waals surface area contributed by atoms with Crippen molar-refractivity contribution in [3.8, 4) is 5.75 Å². The summed E-state index contributed by atoms with van der Waals surface area (Å²) in [7, 11) is 0. The Bertz CT molecular complexity index is 532. The summed E-state index contributed by atoms with van der Waals surface area (Å²) in [4.78, 5) is 23.6. The normalized spacial score (nSPS) is 11.7. The first kappa shape index (κ1) is 17.9. The number of esters is 1. The molecule has 5 nitrogen and oxygen atoms in total. The summed E-state index contributed by atoms with van der Waals surface area (Å²) in [6.45, 7) is 8.13. The number of nitrogens with one attached hydrogen (secondary N) is 1. The van der Waals surface area contributed by atoms with Gasteiger partial charge in [0.1, 0.15) is 11.6 Å². The molecule has 122 valence electrons. The standard InChI is InChI=1S/C16H22FNO4/c1-15(2,3)18-13(19)10-21-14(20)16(4,5)22-12-8-6-11(17)7-9-12/h6-9H,10H2,1-5H3,(H,18,19). The van der Waals surface area contributed by atoms with Gasteiger partial charge >= 0.3 is 5.97 Å². The molecule has 0 radical (unpaired) electrons. The highest BCUT2D eigenvalue weighted by Gasteiger charge is 2.32. The van der Waals surface area contributed by atoms with Crippen LogP contribution in [0.1, 0.15) is 34.6 Å². The van der Waals surface area contributed by atoms with Crippen molar-refractivity contribution < 1.29 is 23.5 Å². The molecule has 0 saturated heterocycles. The van der Waals surface area contributed by atoms with Crippen LogP contribution in [0.25, 0.3) is 0 Å². The second-order valence-corrected chi connectivity index (χ2v) is 6.44. The number of amides is 1. The molecule has 0 aromatic heterocycles. The highest BCUT2D eigenvalue weighted by molar-refractivity contribution is 5.84. The van der Waals surface area contributed by atoms with Crippen LogP contribution in [0.2, 0.25) is 0 Å². The van der Waals surface area contributed by atoms with Crippen LogP contribution in [0.5, 0.6) is 5.75 Å². The molecule has 0 heterocycles. The summed E-state index contributed by atoms with van der Waals surface area (Å²) in [6, 6.07) is 5.29. The lowest BCUT2D eigenvalue weighted by Crippen LogP contribution is -2.45. The van der Waals surface area contributed by atoms with Crippen molar-refractivity contribution in [1.29, 1.82) is 0 Å². The summed E-state index contributed by atoms with van der Waals surface area (Å²) in [6.07, 6.45) is 0. The van der Waals surface area contributed by atoms with Gasteiger partial charge in [-0.05, 0) is 58.9 Å². The molecule has 0 saturated carbocycles. The number of carbonyl (C=O) groups is 2. The van der Waals surface area contributed by atoms with Gasteiger partial charge in [0.15, 0.2) is 12.2 Å². The van der Waals surface area contributed by atoms with Gasteiger partial charge in [-0.15, -0.1) is 0 Å². The molecule has 0 unspecified atom stereocenters. The van der Waals surface area contributed by atoms with Gasteiger partial charge in [-0.25, -0.2) is 9.18 Å². The van der Waals surface area contributed by atoms with E-state index in [1.807, 2.05) is 20.8 Å². The van der Waals surface area contributed by atoms with Crippen molar-refractivity contribution in [1.82, 2.24) is 5.32 Å². The van der Waals surface area contributed by atoms with Gasteiger partial charge in [0.25, 0.3) is 5.91 Å². The summed E-state index contributed by atoms with van der Waals surface area (Å²) in [5, 5.41) is 2.68. The fraction of sp³-hybridized carbons (Fsp3) is 0.500. The van der Waals surface area contributed by atoms with E-state index in [-0.39, 0.29) is 6.61 Å². The predicted octanol–water partition coefficient (Wildman–Crippen LogP) is 2.44. The van der Waals surface area contributed by atoms with Gasteiger partial charge in [-0.3, -0.25) is 4.79 Å². The van der Waals surface area contributed by atoms with E-state index in [1.165, 1.54) is 38.1 Å². The molecule has 0 aliphatic rings. The number of hydrogen-bond acceptors (Lipinski definition) is 4. The van der Waals surface area contributed by atoms with E-state index in [0.717, 1.165) is 0 Å². The van der Waals surface area contributed by atoms with Crippen LogP contribution in [0.4, 0.5) is 4.39 Å². The first-order valence-corrected chi connectivity index (χ1v) is 6.92.